The lowest BCUT2D eigenvalue weighted by atomic mass is 9.89. The molecule has 26 heavy (non-hydrogen) atoms. The Labute approximate surface area is 150 Å². The summed E-state index contributed by atoms with van der Waals surface area (Å²) in [6.45, 7) is 1.78. The minimum absolute atomic E-state index is 0.0121. The first-order valence-corrected chi connectivity index (χ1v) is 8.56. The Kier molecular flexibility index (Phi) is 4.96. The number of halogens is 3. The number of carbonyl (C=O) groups is 2. The highest BCUT2D eigenvalue weighted by atomic mass is 19.4. The summed E-state index contributed by atoms with van der Waals surface area (Å²) in [5, 5.41) is 0. The van der Waals surface area contributed by atoms with Gasteiger partial charge in [-0.1, -0.05) is 12.1 Å². The number of hydrogen-bond acceptors (Lipinski definition) is 3. The SMILES string of the molecule is CN1CC(=O)N(C)[C@@H]2CN(Cc3ccc(C(F)(F)F)cc3)CC[C@@H]2C1=O. The third kappa shape index (κ3) is 3.70. The monoisotopic (exact) mass is 369 g/mol. The average molecular weight is 369 g/mol. The molecule has 2 aliphatic rings. The molecule has 1 aromatic rings. The van der Waals surface area contributed by atoms with Crippen LogP contribution in [0.3, 0.4) is 0 Å². The van der Waals surface area contributed by atoms with Crippen LogP contribution in [0.5, 0.6) is 0 Å². The fraction of sp³-hybridized carbons (Fsp3) is 0.556. The molecule has 0 bridgehead atoms. The van der Waals surface area contributed by atoms with Crippen molar-refractivity contribution in [1.82, 2.24) is 14.7 Å². The summed E-state index contributed by atoms with van der Waals surface area (Å²) in [5.41, 5.74) is 0.116. The van der Waals surface area contributed by atoms with Crippen molar-refractivity contribution in [3.05, 3.63) is 35.4 Å². The van der Waals surface area contributed by atoms with Crippen molar-refractivity contribution in [3.8, 4) is 0 Å². The quantitative estimate of drug-likeness (QED) is 0.799. The third-order valence-corrected chi connectivity index (χ3v) is 5.31. The molecule has 0 saturated carbocycles. The second-order valence-corrected chi connectivity index (χ2v) is 7.09. The van der Waals surface area contributed by atoms with Crippen LogP contribution < -0.4 is 0 Å². The summed E-state index contributed by atoms with van der Waals surface area (Å²) < 4.78 is 38.0. The van der Waals surface area contributed by atoms with Crippen molar-refractivity contribution < 1.29 is 22.8 Å². The zero-order chi connectivity index (χ0) is 19.1. The molecule has 2 heterocycles. The second-order valence-electron chi connectivity index (χ2n) is 7.09. The number of likely N-dealkylation sites (tertiary alicyclic amines) is 1. The number of benzene rings is 1. The molecule has 0 radical (unpaired) electrons. The van der Waals surface area contributed by atoms with E-state index >= 15 is 0 Å². The molecule has 2 amide bonds. The van der Waals surface area contributed by atoms with Gasteiger partial charge in [-0.2, -0.15) is 13.2 Å². The van der Waals surface area contributed by atoms with Gasteiger partial charge in [-0.25, -0.2) is 0 Å². The van der Waals surface area contributed by atoms with Gasteiger partial charge in [0.05, 0.1) is 24.1 Å². The predicted molar refractivity (Wildman–Crippen MR) is 89.0 cm³/mol. The predicted octanol–water partition coefficient (Wildman–Crippen LogP) is 1.83. The number of fused-ring (bicyclic) bond motifs is 1. The molecule has 2 aliphatic heterocycles. The van der Waals surface area contributed by atoms with E-state index in [-0.39, 0.29) is 30.3 Å². The number of nitrogens with zero attached hydrogens (tertiary/aromatic N) is 3. The number of rotatable bonds is 2. The number of amides is 2. The van der Waals surface area contributed by atoms with Gasteiger partial charge in [0.25, 0.3) is 0 Å². The normalized spacial score (nSPS) is 25.3. The lowest BCUT2D eigenvalue weighted by molar-refractivity contribution is -0.137. The van der Waals surface area contributed by atoms with Gasteiger partial charge in [-0.3, -0.25) is 14.5 Å². The van der Waals surface area contributed by atoms with Crippen molar-refractivity contribution in [2.45, 2.75) is 25.2 Å². The molecule has 142 valence electrons. The van der Waals surface area contributed by atoms with E-state index in [4.69, 9.17) is 0 Å². The lowest BCUT2D eigenvalue weighted by Gasteiger charge is -2.40. The first-order valence-electron chi connectivity index (χ1n) is 8.56. The molecule has 0 unspecified atom stereocenters. The highest BCUT2D eigenvalue weighted by molar-refractivity contribution is 5.89. The number of alkyl halides is 3. The largest absolute Gasteiger partial charge is 0.416 e. The van der Waals surface area contributed by atoms with Gasteiger partial charge in [0.2, 0.25) is 11.8 Å². The van der Waals surface area contributed by atoms with E-state index in [2.05, 4.69) is 4.90 Å². The van der Waals surface area contributed by atoms with E-state index in [1.54, 1.807) is 19.0 Å². The third-order valence-electron chi connectivity index (χ3n) is 5.31. The first-order chi connectivity index (χ1) is 12.2. The van der Waals surface area contributed by atoms with Crippen molar-refractivity contribution in [2.24, 2.45) is 5.92 Å². The van der Waals surface area contributed by atoms with Gasteiger partial charge >= 0.3 is 6.18 Å². The van der Waals surface area contributed by atoms with E-state index in [0.717, 1.165) is 17.7 Å². The van der Waals surface area contributed by atoms with Gasteiger partial charge in [-0.05, 0) is 30.7 Å². The van der Waals surface area contributed by atoms with Crippen LogP contribution in [0.4, 0.5) is 13.2 Å². The maximum absolute atomic E-state index is 12.7. The van der Waals surface area contributed by atoms with Crippen molar-refractivity contribution in [3.63, 3.8) is 0 Å². The highest BCUT2D eigenvalue weighted by Gasteiger charge is 2.42. The number of likely N-dealkylation sites (N-methyl/N-ethyl adjacent to an activating group) is 2. The summed E-state index contributed by atoms with van der Waals surface area (Å²) in [4.78, 5) is 29.9. The molecule has 3 rings (SSSR count). The van der Waals surface area contributed by atoms with Crippen LogP contribution in [-0.4, -0.2) is 66.3 Å². The molecule has 0 aromatic heterocycles. The molecule has 8 heteroatoms. The van der Waals surface area contributed by atoms with Gasteiger partial charge in [0, 0.05) is 27.2 Å². The van der Waals surface area contributed by atoms with Crippen molar-refractivity contribution >= 4 is 11.8 Å². The second kappa shape index (κ2) is 6.90. The Morgan fingerprint density at radius 3 is 2.38 bits per heavy atom. The van der Waals surface area contributed by atoms with Crippen LogP contribution in [0.25, 0.3) is 0 Å². The topological polar surface area (TPSA) is 43.9 Å². The molecule has 2 atom stereocenters. The molecule has 0 spiro atoms. The number of hydrogen-bond donors (Lipinski definition) is 0. The van der Waals surface area contributed by atoms with E-state index in [0.29, 0.717) is 26.1 Å². The fourth-order valence-corrected chi connectivity index (χ4v) is 3.74. The minimum atomic E-state index is -4.34. The average Bonchev–Trinajstić information content (AvgIpc) is 2.66. The zero-order valence-corrected chi connectivity index (χ0v) is 14.8. The molecular weight excluding hydrogens is 347 g/mol. The van der Waals surface area contributed by atoms with Crippen molar-refractivity contribution in [1.29, 1.82) is 0 Å². The van der Waals surface area contributed by atoms with Gasteiger partial charge in [0.15, 0.2) is 0 Å². The number of carbonyl (C=O) groups excluding carboxylic acids is 2. The molecule has 2 fully saturated rings. The van der Waals surface area contributed by atoms with Crippen LogP contribution in [-0.2, 0) is 22.3 Å². The van der Waals surface area contributed by atoms with Crippen LogP contribution in [0.1, 0.15) is 17.5 Å². The standard InChI is InChI=1S/C18H22F3N3O2/c1-22-11-16(25)23(2)15-10-24(8-7-14(15)17(22)26)9-12-3-5-13(6-4-12)18(19,20)21/h3-6,14-15H,7-11H2,1-2H3/t14-,15+/m0/s1. The summed E-state index contributed by atoms with van der Waals surface area (Å²) in [7, 11) is 3.36. The fourth-order valence-electron chi connectivity index (χ4n) is 3.74. The van der Waals surface area contributed by atoms with Crippen molar-refractivity contribution in [2.75, 3.05) is 33.7 Å². The van der Waals surface area contributed by atoms with E-state index in [9.17, 15) is 22.8 Å². The van der Waals surface area contributed by atoms with E-state index in [1.807, 2.05) is 0 Å². The zero-order valence-electron chi connectivity index (χ0n) is 14.8. The molecular formula is C18H22F3N3O2. The molecule has 2 saturated heterocycles. The summed E-state index contributed by atoms with van der Waals surface area (Å²) in [6, 6.07) is 4.93. The molecule has 0 aliphatic carbocycles. The molecule has 1 aromatic carbocycles. The van der Waals surface area contributed by atoms with Crippen LogP contribution >= 0.6 is 0 Å². The van der Waals surface area contributed by atoms with E-state index < -0.39 is 11.7 Å². The Morgan fingerprint density at radius 1 is 1.12 bits per heavy atom. The summed E-state index contributed by atoms with van der Waals surface area (Å²) >= 11 is 0. The minimum Gasteiger partial charge on any atom is -0.339 e. The smallest absolute Gasteiger partial charge is 0.339 e. The Bertz CT molecular complexity index is 690. The first kappa shape index (κ1) is 18.7. The van der Waals surface area contributed by atoms with Crippen LogP contribution in [0.2, 0.25) is 0 Å². The summed E-state index contributed by atoms with van der Waals surface area (Å²) in [5.74, 6) is -0.327. The highest BCUT2D eigenvalue weighted by Crippen LogP contribution is 2.30. The summed E-state index contributed by atoms with van der Waals surface area (Å²) in [6.07, 6.45) is -3.71. The van der Waals surface area contributed by atoms with E-state index in [1.165, 1.54) is 17.0 Å². The lowest BCUT2D eigenvalue weighted by Crippen LogP contribution is -2.53. The van der Waals surface area contributed by atoms with Gasteiger partial charge < -0.3 is 9.80 Å². The van der Waals surface area contributed by atoms with Crippen LogP contribution in [0, 0.1) is 5.92 Å². The van der Waals surface area contributed by atoms with Crippen LogP contribution in [0.15, 0.2) is 24.3 Å². The van der Waals surface area contributed by atoms with Gasteiger partial charge in [-0.15, -0.1) is 0 Å². The maximum Gasteiger partial charge on any atom is 0.416 e. The Morgan fingerprint density at radius 2 is 1.77 bits per heavy atom. The maximum atomic E-state index is 12.7. The Balaban J connectivity index is 1.70. The molecule has 0 N–H and O–H groups in total. The molecule has 5 nitrogen and oxygen atoms in total. The van der Waals surface area contributed by atoms with Gasteiger partial charge in [0.1, 0.15) is 0 Å². The number of piperidine rings is 1. The Hall–Kier alpha value is -2.09.